The van der Waals surface area contributed by atoms with Crippen molar-refractivity contribution < 1.29 is 17.9 Å². The highest BCUT2D eigenvalue weighted by Crippen LogP contribution is 2.14. The summed E-state index contributed by atoms with van der Waals surface area (Å²) in [6.45, 7) is 7.75. The number of ether oxygens (including phenoxy) is 1. The molecular weight excluding hydrogens is 271 g/mol. The third kappa shape index (κ3) is 6.38. The van der Waals surface area contributed by atoms with Crippen molar-refractivity contribution in [3.05, 3.63) is 17.7 Å². The zero-order chi connectivity index (χ0) is 15.4. The van der Waals surface area contributed by atoms with Gasteiger partial charge in [-0.2, -0.15) is 13.2 Å². The van der Waals surface area contributed by atoms with Crippen molar-refractivity contribution in [2.45, 2.75) is 52.5 Å². The van der Waals surface area contributed by atoms with Gasteiger partial charge in [-0.05, 0) is 27.7 Å². The molecule has 1 aromatic rings. The maximum atomic E-state index is 12.0. The number of rotatable bonds is 6. The van der Waals surface area contributed by atoms with E-state index in [0.29, 0.717) is 13.1 Å². The number of alkyl halides is 3. The molecule has 0 aliphatic rings. The second-order valence-electron chi connectivity index (χ2n) is 5.72. The Balaban J connectivity index is 2.50. The molecule has 1 N–H and O–H groups in total. The molecule has 0 saturated carbocycles. The zero-order valence-corrected chi connectivity index (χ0v) is 12.3. The van der Waals surface area contributed by atoms with Crippen molar-refractivity contribution >= 4 is 0 Å². The van der Waals surface area contributed by atoms with E-state index in [1.54, 1.807) is 6.20 Å². The lowest BCUT2D eigenvalue weighted by atomic mass is 10.1. The van der Waals surface area contributed by atoms with Crippen molar-refractivity contribution in [3.8, 4) is 0 Å². The van der Waals surface area contributed by atoms with Crippen LogP contribution in [0.5, 0.6) is 0 Å². The Kier molecular flexibility index (Phi) is 5.59. The van der Waals surface area contributed by atoms with Gasteiger partial charge in [-0.25, -0.2) is 4.98 Å². The molecular formula is C13H22F3N3O. The molecule has 7 heteroatoms. The molecule has 0 atom stereocenters. The normalized spacial score (nSPS) is 12.9. The molecule has 0 bridgehead atoms. The summed E-state index contributed by atoms with van der Waals surface area (Å²) in [6.07, 6.45) is -2.54. The maximum Gasteiger partial charge on any atom is 0.411 e. The predicted octanol–water partition coefficient (Wildman–Crippen LogP) is 2.66. The standard InChI is InChI=1S/C13H22F3N3O/c1-10-17-7-11(8-18-12(2,3)4)19(10)5-6-20-9-13(14,15)16/h7,18H,5-6,8-9H2,1-4H3. The molecule has 0 aromatic carbocycles. The molecule has 116 valence electrons. The third-order valence-electron chi connectivity index (χ3n) is 2.66. The molecule has 0 aliphatic heterocycles. The molecule has 0 fully saturated rings. The molecule has 1 heterocycles. The minimum atomic E-state index is -4.28. The van der Waals surface area contributed by atoms with Crippen LogP contribution in [0.25, 0.3) is 0 Å². The Hall–Kier alpha value is -1.08. The van der Waals surface area contributed by atoms with Crippen molar-refractivity contribution in [2.24, 2.45) is 0 Å². The van der Waals surface area contributed by atoms with Crippen molar-refractivity contribution in [1.29, 1.82) is 0 Å². The van der Waals surface area contributed by atoms with Gasteiger partial charge < -0.3 is 14.6 Å². The van der Waals surface area contributed by atoms with Crippen LogP contribution in [0.3, 0.4) is 0 Å². The van der Waals surface area contributed by atoms with E-state index < -0.39 is 12.8 Å². The summed E-state index contributed by atoms with van der Waals surface area (Å²) in [5, 5.41) is 3.32. The van der Waals surface area contributed by atoms with Crippen molar-refractivity contribution in [3.63, 3.8) is 0 Å². The number of aryl methyl sites for hydroxylation is 1. The van der Waals surface area contributed by atoms with Gasteiger partial charge in [0, 0.05) is 24.8 Å². The van der Waals surface area contributed by atoms with Gasteiger partial charge in [0.15, 0.2) is 0 Å². The quantitative estimate of drug-likeness (QED) is 0.820. The summed E-state index contributed by atoms with van der Waals surface area (Å²) in [5.41, 5.74) is 0.906. The van der Waals surface area contributed by atoms with Gasteiger partial charge in [0.2, 0.25) is 0 Å². The number of imidazole rings is 1. The van der Waals surface area contributed by atoms with E-state index in [-0.39, 0.29) is 12.1 Å². The Morgan fingerprint density at radius 2 is 1.95 bits per heavy atom. The monoisotopic (exact) mass is 293 g/mol. The summed E-state index contributed by atoms with van der Waals surface area (Å²) in [6, 6.07) is 0. The van der Waals surface area contributed by atoms with Crippen LogP contribution in [0, 0.1) is 6.92 Å². The van der Waals surface area contributed by atoms with Crippen LogP contribution < -0.4 is 5.32 Å². The highest BCUT2D eigenvalue weighted by Gasteiger charge is 2.27. The largest absolute Gasteiger partial charge is 0.411 e. The summed E-state index contributed by atoms with van der Waals surface area (Å²) >= 11 is 0. The Bertz CT molecular complexity index is 421. The van der Waals surface area contributed by atoms with Gasteiger partial charge in [0.25, 0.3) is 0 Å². The number of aromatic nitrogens is 2. The van der Waals surface area contributed by atoms with Gasteiger partial charge in [-0.15, -0.1) is 0 Å². The first-order valence-electron chi connectivity index (χ1n) is 6.49. The summed E-state index contributed by atoms with van der Waals surface area (Å²) in [4.78, 5) is 4.19. The van der Waals surface area contributed by atoms with E-state index in [2.05, 4.69) is 15.0 Å². The van der Waals surface area contributed by atoms with Crippen LogP contribution in [0.15, 0.2) is 6.20 Å². The maximum absolute atomic E-state index is 12.0. The second-order valence-corrected chi connectivity index (χ2v) is 5.72. The fourth-order valence-electron chi connectivity index (χ4n) is 1.66. The van der Waals surface area contributed by atoms with Gasteiger partial charge in [0.05, 0.1) is 12.3 Å². The number of hydrogen-bond acceptors (Lipinski definition) is 3. The Morgan fingerprint density at radius 3 is 2.50 bits per heavy atom. The fourth-order valence-corrected chi connectivity index (χ4v) is 1.66. The topological polar surface area (TPSA) is 39.1 Å². The van der Waals surface area contributed by atoms with E-state index >= 15 is 0 Å². The van der Waals surface area contributed by atoms with Crippen LogP contribution in [0.4, 0.5) is 13.2 Å². The van der Waals surface area contributed by atoms with Gasteiger partial charge in [0.1, 0.15) is 12.4 Å². The first-order valence-corrected chi connectivity index (χ1v) is 6.49. The van der Waals surface area contributed by atoms with Gasteiger partial charge in [-0.3, -0.25) is 0 Å². The molecule has 0 aliphatic carbocycles. The number of nitrogens with zero attached hydrogens (tertiary/aromatic N) is 2. The smallest absolute Gasteiger partial charge is 0.370 e. The lowest BCUT2D eigenvalue weighted by Gasteiger charge is -2.21. The highest BCUT2D eigenvalue weighted by molar-refractivity contribution is 5.04. The summed E-state index contributed by atoms with van der Waals surface area (Å²) in [7, 11) is 0. The molecule has 0 radical (unpaired) electrons. The molecule has 0 spiro atoms. The minimum Gasteiger partial charge on any atom is -0.370 e. The van der Waals surface area contributed by atoms with Crippen molar-refractivity contribution in [2.75, 3.05) is 13.2 Å². The average Bonchev–Trinajstić information content (AvgIpc) is 2.61. The van der Waals surface area contributed by atoms with Crippen LogP contribution in [-0.4, -0.2) is 34.5 Å². The summed E-state index contributed by atoms with van der Waals surface area (Å²) < 4.78 is 42.4. The minimum absolute atomic E-state index is 0.0131. The molecule has 0 unspecified atom stereocenters. The highest BCUT2D eigenvalue weighted by atomic mass is 19.4. The van der Waals surface area contributed by atoms with E-state index in [1.165, 1.54) is 0 Å². The molecule has 20 heavy (non-hydrogen) atoms. The van der Waals surface area contributed by atoms with E-state index in [0.717, 1.165) is 11.5 Å². The van der Waals surface area contributed by atoms with Gasteiger partial charge >= 0.3 is 6.18 Å². The SMILES string of the molecule is Cc1ncc(CNC(C)(C)C)n1CCOCC(F)(F)F. The van der Waals surface area contributed by atoms with Crippen LogP contribution in [-0.2, 0) is 17.8 Å². The van der Waals surface area contributed by atoms with Crippen LogP contribution >= 0.6 is 0 Å². The zero-order valence-electron chi connectivity index (χ0n) is 12.3. The number of hydrogen-bond donors (Lipinski definition) is 1. The van der Waals surface area contributed by atoms with Crippen LogP contribution in [0.1, 0.15) is 32.3 Å². The first kappa shape index (κ1) is 17.0. The second kappa shape index (κ2) is 6.58. The Morgan fingerprint density at radius 1 is 1.30 bits per heavy atom. The average molecular weight is 293 g/mol. The molecule has 0 saturated heterocycles. The van der Waals surface area contributed by atoms with E-state index in [4.69, 9.17) is 0 Å². The number of nitrogens with one attached hydrogen (secondary N) is 1. The number of halogens is 3. The van der Waals surface area contributed by atoms with E-state index in [9.17, 15) is 13.2 Å². The molecule has 1 aromatic heterocycles. The van der Waals surface area contributed by atoms with Gasteiger partial charge in [-0.1, -0.05) is 0 Å². The van der Waals surface area contributed by atoms with Crippen LogP contribution in [0.2, 0.25) is 0 Å². The third-order valence-corrected chi connectivity index (χ3v) is 2.66. The molecule has 4 nitrogen and oxygen atoms in total. The molecule has 1 rings (SSSR count). The Labute approximate surface area is 117 Å². The lowest BCUT2D eigenvalue weighted by molar-refractivity contribution is -0.174. The lowest BCUT2D eigenvalue weighted by Crippen LogP contribution is -2.35. The molecule has 0 amide bonds. The fraction of sp³-hybridized carbons (Fsp3) is 0.769. The van der Waals surface area contributed by atoms with E-state index in [1.807, 2.05) is 32.3 Å². The first-order chi connectivity index (χ1) is 9.08. The van der Waals surface area contributed by atoms with Crippen molar-refractivity contribution in [1.82, 2.24) is 14.9 Å². The summed E-state index contributed by atoms with van der Waals surface area (Å²) in [5.74, 6) is 0.770. The predicted molar refractivity (Wildman–Crippen MR) is 70.4 cm³/mol.